The van der Waals surface area contributed by atoms with Gasteiger partial charge in [-0.1, -0.05) is 30.3 Å². The molecular weight excluding hydrogens is 277 g/mol. The molecule has 2 aliphatic heterocycles. The number of likely N-dealkylation sites (tertiary alicyclic amines) is 1. The zero-order chi connectivity index (χ0) is 14.7. The van der Waals surface area contributed by atoms with Gasteiger partial charge in [-0.3, -0.25) is 0 Å². The highest BCUT2D eigenvalue weighted by Gasteiger charge is 2.49. The summed E-state index contributed by atoms with van der Waals surface area (Å²) < 4.78 is 30.2. The Labute approximate surface area is 122 Å². The molecule has 0 aliphatic carbocycles. The number of hydrogen-bond acceptors (Lipinski definition) is 4. The van der Waals surface area contributed by atoms with Crippen molar-refractivity contribution in [1.82, 2.24) is 4.90 Å². The number of rotatable bonds is 2. The van der Waals surface area contributed by atoms with Crippen molar-refractivity contribution in [2.75, 3.05) is 26.3 Å². The Bertz CT molecular complexity index is 490. The summed E-state index contributed by atoms with van der Waals surface area (Å²) in [6.45, 7) is 1.30. The maximum absolute atomic E-state index is 14.2. The fourth-order valence-electron chi connectivity index (χ4n) is 2.64. The van der Waals surface area contributed by atoms with E-state index in [4.69, 9.17) is 14.2 Å². The molecule has 0 bridgehead atoms. The third-order valence-corrected chi connectivity index (χ3v) is 3.83. The Kier molecular flexibility index (Phi) is 4.07. The maximum atomic E-state index is 14.2. The number of benzene rings is 1. The highest BCUT2D eigenvalue weighted by Crippen LogP contribution is 2.33. The first kappa shape index (κ1) is 14.3. The van der Waals surface area contributed by atoms with Crippen molar-refractivity contribution in [2.45, 2.75) is 25.0 Å². The van der Waals surface area contributed by atoms with Crippen molar-refractivity contribution in [3.8, 4) is 0 Å². The lowest BCUT2D eigenvalue weighted by atomic mass is 10.0. The molecule has 2 saturated heterocycles. The van der Waals surface area contributed by atoms with E-state index >= 15 is 0 Å². The van der Waals surface area contributed by atoms with Crippen LogP contribution in [0.3, 0.4) is 0 Å². The number of carbonyl (C=O) groups excluding carboxylic acids is 1. The lowest BCUT2D eigenvalue weighted by molar-refractivity contribution is -0.221. The van der Waals surface area contributed by atoms with Crippen LogP contribution in [-0.4, -0.2) is 49.3 Å². The monoisotopic (exact) mass is 295 g/mol. The average molecular weight is 295 g/mol. The van der Waals surface area contributed by atoms with E-state index in [1.54, 1.807) is 0 Å². The third-order valence-electron chi connectivity index (χ3n) is 3.83. The molecule has 1 spiro atoms. The molecule has 5 nitrogen and oxygen atoms in total. The molecule has 2 fully saturated rings. The van der Waals surface area contributed by atoms with Crippen LogP contribution in [-0.2, 0) is 20.8 Å². The first-order chi connectivity index (χ1) is 10.2. The largest absolute Gasteiger partial charge is 0.445 e. The van der Waals surface area contributed by atoms with Crippen molar-refractivity contribution in [3.63, 3.8) is 0 Å². The predicted molar refractivity (Wildman–Crippen MR) is 72.3 cm³/mol. The standard InChI is InChI=1S/C15H18FNO4/c16-13-10-17(7-6-15(13)20-8-9-21-15)14(18)19-11-12-4-2-1-3-5-12/h1-5,13H,6-11H2. The van der Waals surface area contributed by atoms with Crippen LogP contribution in [0.1, 0.15) is 12.0 Å². The van der Waals surface area contributed by atoms with Crippen molar-refractivity contribution < 1.29 is 23.4 Å². The second-order valence-electron chi connectivity index (χ2n) is 5.21. The summed E-state index contributed by atoms with van der Waals surface area (Å²) in [5.74, 6) is -1.16. The molecule has 0 saturated carbocycles. The second-order valence-corrected chi connectivity index (χ2v) is 5.21. The third kappa shape index (κ3) is 3.01. The van der Waals surface area contributed by atoms with Gasteiger partial charge in [-0.25, -0.2) is 9.18 Å². The van der Waals surface area contributed by atoms with E-state index < -0.39 is 18.1 Å². The highest BCUT2D eigenvalue weighted by molar-refractivity contribution is 5.67. The van der Waals surface area contributed by atoms with Crippen LogP contribution < -0.4 is 0 Å². The van der Waals surface area contributed by atoms with Crippen molar-refractivity contribution in [3.05, 3.63) is 35.9 Å². The van der Waals surface area contributed by atoms with E-state index in [0.717, 1.165) is 5.56 Å². The highest BCUT2D eigenvalue weighted by atomic mass is 19.1. The smallest absolute Gasteiger partial charge is 0.410 e. The van der Waals surface area contributed by atoms with Gasteiger partial charge in [0, 0.05) is 13.0 Å². The van der Waals surface area contributed by atoms with Crippen LogP contribution in [0.4, 0.5) is 9.18 Å². The molecule has 2 heterocycles. The van der Waals surface area contributed by atoms with E-state index in [2.05, 4.69) is 0 Å². The SMILES string of the molecule is O=C(OCc1ccccc1)N1CCC2(OCCO2)C(F)C1. The Hall–Kier alpha value is -1.66. The van der Waals surface area contributed by atoms with E-state index in [-0.39, 0.29) is 13.2 Å². The van der Waals surface area contributed by atoms with E-state index in [1.165, 1.54) is 4.90 Å². The molecule has 1 atom stereocenters. The molecule has 6 heteroatoms. The van der Waals surface area contributed by atoms with Crippen LogP contribution in [0.25, 0.3) is 0 Å². The number of hydrogen-bond donors (Lipinski definition) is 0. The summed E-state index contributed by atoms with van der Waals surface area (Å²) in [5.41, 5.74) is 0.901. The molecule has 114 valence electrons. The van der Waals surface area contributed by atoms with Gasteiger partial charge in [0.15, 0.2) is 6.17 Å². The minimum atomic E-state index is -1.35. The van der Waals surface area contributed by atoms with Gasteiger partial charge in [0.05, 0.1) is 19.8 Å². The molecule has 0 radical (unpaired) electrons. The van der Waals surface area contributed by atoms with Gasteiger partial charge in [0.25, 0.3) is 0 Å². The first-order valence-corrected chi connectivity index (χ1v) is 7.07. The van der Waals surface area contributed by atoms with Gasteiger partial charge in [0.1, 0.15) is 6.61 Å². The van der Waals surface area contributed by atoms with Gasteiger partial charge in [-0.15, -0.1) is 0 Å². The number of piperidine rings is 1. The number of nitrogens with zero attached hydrogens (tertiary/aromatic N) is 1. The summed E-state index contributed by atoms with van der Waals surface area (Å²) in [6.07, 6.45) is -1.53. The molecule has 2 aliphatic rings. The Morgan fingerprint density at radius 3 is 2.71 bits per heavy atom. The number of alkyl halides is 1. The van der Waals surface area contributed by atoms with Gasteiger partial charge < -0.3 is 19.1 Å². The van der Waals surface area contributed by atoms with E-state index in [0.29, 0.717) is 26.2 Å². The topological polar surface area (TPSA) is 48.0 Å². The summed E-state index contributed by atoms with van der Waals surface area (Å²) in [7, 11) is 0. The zero-order valence-corrected chi connectivity index (χ0v) is 11.7. The van der Waals surface area contributed by atoms with Crippen molar-refractivity contribution in [2.24, 2.45) is 0 Å². The molecule has 3 rings (SSSR count). The molecule has 1 aromatic rings. The number of carbonyl (C=O) groups is 1. The second kappa shape index (κ2) is 5.99. The number of ether oxygens (including phenoxy) is 3. The fourth-order valence-corrected chi connectivity index (χ4v) is 2.64. The van der Waals surface area contributed by atoms with Crippen LogP contribution in [0.15, 0.2) is 30.3 Å². The Balaban J connectivity index is 1.52. The molecular formula is C15H18FNO4. The Morgan fingerprint density at radius 1 is 1.33 bits per heavy atom. The van der Waals surface area contributed by atoms with Crippen molar-refractivity contribution >= 4 is 6.09 Å². The van der Waals surface area contributed by atoms with Crippen LogP contribution in [0.5, 0.6) is 0 Å². The summed E-state index contributed by atoms with van der Waals surface area (Å²) in [5, 5.41) is 0. The van der Waals surface area contributed by atoms with Crippen LogP contribution in [0.2, 0.25) is 0 Å². The maximum Gasteiger partial charge on any atom is 0.410 e. The van der Waals surface area contributed by atoms with Gasteiger partial charge in [-0.2, -0.15) is 0 Å². The number of amides is 1. The zero-order valence-electron chi connectivity index (χ0n) is 11.7. The molecule has 1 unspecified atom stereocenters. The van der Waals surface area contributed by atoms with Gasteiger partial charge in [-0.05, 0) is 5.56 Å². The Morgan fingerprint density at radius 2 is 2.05 bits per heavy atom. The molecule has 0 aromatic heterocycles. The summed E-state index contributed by atoms with van der Waals surface area (Å²) in [4.78, 5) is 13.3. The van der Waals surface area contributed by atoms with E-state index in [1.807, 2.05) is 30.3 Å². The van der Waals surface area contributed by atoms with Crippen LogP contribution in [0, 0.1) is 0 Å². The summed E-state index contributed by atoms with van der Waals surface area (Å²) >= 11 is 0. The minimum absolute atomic E-state index is 0.0619. The predicted octanol–water partition coefficient (Wildman–Crippen LogP) is 2.11. The lowest BCUT2D eigenvalue weighted by Gasteiger charge is -2.39. The lowest BCUT2D eigenvalue weighted by Crippen LogP contribution is -2.55. The average Bonchev–Trinajstić information content (AvgIpc) is 2.99. The van der Waals surface area contributed by atoms with Gasteiger partial charge >= 0.3 is 6.09 Å². The number of halogens is 1. The minimum Gasteiger partial charge on any atom is -0.445 e. The molecule has 0 N–H and O–H groups in total. The van der Waals surface area contributed by atoms with Gasteiger partial charge in [0.2, 0.25) is 5.79 Å². The first-order valence-electron chi connectivity index (χ1n) is 7.07. The quantitative estimate of drug-likeness (QED) is 0.838. The normalized spacial score (nSPS) is 24.2. The molecule has 1 aromatic carbocycles. The molecule has 21 heavy (non-hydrogen) atoms. The van der Waals surface area contributed by atoms with Crippen molar-refractivity contribution in [1.29, 1.82) is 0 Å². The molecule has 1 amide bonds. The van der Waals surface area contributed by atoms with Crippen LogP contribution >= 0.6 is 0 Å². The fraction of sp³-hybridized carbons (Fsp3) is 0.533. The van der Waals surface area contributed by atoms with E-state index in [9.17, 15) is 9.18 Å². The summed E-state index contributed by atoms with van der Waals surface area (Å²) in [6, 6.07) is 9.39.